The zero-order chi connectivity index (χ0) is 17.0. The quantitative estimate of drug-likeness (QED) is 0.781. The zero-order valence-corrected chi connectivity index (χ0v) is 15.4. The van der Waals surface area contributed by atoms with Gasteiger partial charge in [-0.2, -0.15) is 0 Å². The molecule has 2 saturated carbocycles. The van der Waals surface area contributed by atoms with Crippen LogP contribution >= 0.6 is 0 Å². The van der Waals surface area contributed by atoms with Crippen molar-refractivity contribution in [2.24, 2.45) is 11.8 Å². The van der Waals surface area contributed by atoms with Crippen LogP contribution in [0.15, 0.2) is 24.3 Å². The van der Waals surface area contributed by atoms with Crippen molar-refractivity contribution in [2.75, 3.05) is 19.6 Å². The van der Waals surface area contributed by atoms with Crippen molar-refractivity contribution in [3.8, 4) is 0 Å². The minimum Gasteiger partial charge on any atom is -0.338 e. The highest BCUT2D eigenvalue weighted by atomic mass is 16.2. The first-order valence-corrected chi connectivity index (χ1v) is 10.2. The maximum Gasteiger partial charge on any atom is 0.219 e. The van der Waals surface area contributed by atoms with Crippen LogP contribution in [0.1, 0.15) is 56.6 Å². The molecule has 3 heteroatoms. The number of hydrogen-bond donors (Lipinski definition) is 0. The molecule has 5 rings (SSSR count). The van der Waals surface area contributed by atoms with Crippen molar-refractivity contribution in [1.82, 2.24) is 9.80 Å². The van der Waals surface area contributed by atoms with E-state index < -0.39 is 0 Å². The largest absolute Gasteiger partial charge is 0.338 e. The van der Waals surface area contributed by atoms with E-state index in [0.717, 1.165) is 31.0 Å². The standard InChI is InChI=1S/C22H30N2O/c1-16(25)24-14-19-4-2-3-5-20(19)22(15-24)8-10-23(11-9-22)21-13-17-6-7-18(21)12-17/h2-5,17-18,21H,6-15H2,1H3. The molecule has 0 N–H and O–H groups in total. The average molecular weight is 338 g/mol. The molecule has 3 atom stereocenters. The number of fused-ring (bicyclic) bond motifs is 4. The van der Waals surface area contributed by atoms with Gasteiger partial charge in [0.25, 0.3) is 0 Å². The molecule has 1 spiro atoms. The SMILES string of the molecule is CC(=O)N1Cc2ccccc2C2(CCN(C3CC4CCC3C4)CC2)C1. The van der Waals surface area contributed by atoms with Crippen LogP contribution in [0.25, 0.3) is 0 Å². The van der Waals surface area contributed by atoms with E-state index in [1.165, 1.54) is 62.7 Å². The van der Waals surface area contributed by atoms with Gasteiger partial charge in [0, 0.05) is 31.5 Å². The lowest BCUT2D eigenvalue weighted by atomic mass is 9.68. The summed E-state index contributed by atoms with van der Waals surface area (Å²) in [6.07, 6.45) is 8.32. The van der Waals surface area contributed by atoms with Crippen LogP contribution in [-0.4, -0.2) is 41.4 Å². The summed E-state index contributed by atoms with van der Waals surface area (Å²) in [5.41, 5.74) is 3.09. The molecule has 3 fully saturated rings. The molecule has 1 aromatic rings. The summed E-state index contributed by atoms with van der Waals surface area (Å²) in [4.78, 5) is 17.0. The monoisotopic (exact) mass is 338 g/mol. The van der Waals surface area contributed by atoms with Crippen molar-refractivity contribution >= 4 is 5.91 Å². The first-order chi connectivity index (χ1) is 12.1. The molecule has 2 aliphatic carbocycles. The van der Waals surface area contributed by atoms with Crippen LogP contribution in [0.3, 0.4) is 0 Å². The molecule has 134 valence electrons. The first kappa shape index (κ1) is 15.9. The Balaban J connectivity index is 1.38. The zero-order valence-electron chi connectivity index (χ0n) is 15.4. The summed E-state index contributed by atoms with van der Waals surface area (Å²) in [6, 6.07) is 9.74. The molecule has 1 saturated heterocycles. The molecule has 3 unspecified atom stereocenters. The van der Waals surface area contributed by atoms with Gasteiger partial charge >= 0.3 is 0 Å². The summed E-state index contributed by atoms with van der Waals surface area (Å²) in [5.74, 6) is 2.23. The third-order valence-corrected chi connectivity index (χ3v) is 7.81. The van der Waals surface area contributed by atoms with Gasteiger partial charge in [-0.15, -0.1) is 0 Å². The predicted octanol–water partition coefficient (Wildman–Crippen LogP) is 3.57. The highest BCUT2D eigenvalue weighted by Crippen LogP contribution is 2.49. The summed E-state index contributed by atoms with van der Waals surface area (Å²) < 4.78 is 0. The normalized spacial score (nSPS) is 33.6. The Morgan fingerprint density at radius 3 is 2.60 bits per heavy atom. The van der Waals surface area contributed by atoms with Gasteiger partial charge < -0.3 is 9.80 Å². The number of carbonyl (C=O) groups excluding carboxylic acids is 1. The van der Waals surface area contributed by atoms with Gasteiger partial charge in [-0.25, -0.2) is 0 Å². The Bertz CT molecular complexity index is 676. The maximum absolute atomic E-state index is 12.1. The number of carbonyl (C=O) groups is 1. The van der Waals surface area contributed by atoms with E-state index in [1.54, 1.807) is 6.92 Å². The fourth-order valence-corrected chi connectivity index (χ4v) is 6.48. The number of nitrogens with zero attached hydrogens (tertiary/aromatic N) is 2. The molecule has 1 aromatic carbocycles. The van der Waals surface area contributed by atoms with Crippen LogP contribution < -0.4 is 0 Å². The highest BCUT2D eigenvalue weighted by molar-refractivity contribution is 5.74. The minimum absolute atomic E-state index is 0.189. The van der Waals surface area contributed by atoms with E-state index in [2.05, 4.69) is 34.1 Å². The Labute approximate surface area is 151 Å². The van der Waals surface area contributed by atoms with Gasteiger partial charge in [0.15, 0.2) is 0 Å². The highest BCUT2D eigenvalue weighted by Gasteiger charge is 2.47. The first-order valence-electron chi connectivity index (χ1n) is 10.2. The molecule has 25 heavy (non-hydrogen) atoms. The van der Waals surface area contributed by atoms with Gasteiger partial charge in [-0.3, -0.25) is 4.79 Å². The van der Waals surface area contributed by atoms with Crippen molar-refractivity contribution in [2.45, 2.75) is 63.5 Å². The Morgan fingerprint density at radius 2 is 1.92 bits per heavy atom. The summed E-state index contributed by atoms with van der Waals surface area (Å²) in [6.45, 7) is 5.88. The van der Waals surface area contributed by atoms with Crippen LogP contribution in [0.5, 0.6) is 0 Å². The van der Waals surface area contributed by atoms with Gasteiger partial charge in [-0.1, -0.05) is 30.7 Å². The smallest absolute Gasteiger partial charge is 0.219 e. The fourth-order valence-electron chi connectivity index (χ4n) is 6.48. The van der Waals surface area contributed by atoms with Crippen molar-refractivity contribution < 1.29 is 4.79 Å². The molecule has 2 bridgehead atoms. The maximum atomic E-state index is 12.1. The fraction of sp³-hybridized carbons (Fsp3) is 0.682. The lowest BCUT2D eigenvalue weighted by molar-refractivity contribution is -0.131. The van der Waals surface area contributed by atoms with Gasteiger partial charge in [0.1, 0.15) is 0 Å². The van der Waals surface area contributed by atoms with E-state index >= 15 is 0 Å². The Morgan fingerprint density at radius 1 is 1.12 bits per heavy atom. The van der Waals surface area contributed by atoms with E-state index in [0.29, 0.717) is 0 Å². The molecule has 1 amide bonds. The topological polar surface area (TPSA) is 23.6 Å². The Kier molecular flexibility index (Phi) is 3.70. The number of rotatable bonds is 1. The van der Waals surface area contributed by atoms with Crippen LogP contribution in [-0.2, 0) is 16.8 Å². The second-order valence-corrected chi connectivity index (χ2v) is 9.09. The lowest BCUT2D eigenvalue weighted by Crippen LogP contribution is -2.55. The van der Waals surface area contributed by atoms with Crippen LogP contribution in [0.2, 0.25) is 0 Å². The minimum atomic E-state index is 0.189. The Hall–Kier alpha value is -1.35. The molecule has 3 nitrogen and oxygen atoms in total. The molecule has 2 heterocycles. The summed E-state index contributed by atoms with van der Waals surface area (Å²) in [7, 11) is 0. The molecular formula is C22H30N2O. The molecular weight excluding hydrogens is 308 g/mol. The lowest BCUT2D eigenvalue weighted by Gasteiger charge is -2.50. The van der Waals surface area contributed by atoms with E-state index in [4.69, 9.17) is 0 Å². The number of amides is 1. The van der Waals surface area contributed by atoms with Crippen LogP contribution in [0.4, 0.5) is 0 Å². The second kappa shape index (κ2) is 5.84. The van der Waals surface area contributed by atoms with Crippen LogP contribution in [0, 0.1) is 11.8 Å². The summed E-state index contributed by atoms with van der Waals surface area (Å²) >= 11 is 0. The van der Waals surface area contributed by atoms with Crippen molar-refractivity contribution in [1.29, 1.82) is 0 Å². The van der Waals surface area contributed by atoms with Crippen molar-refractivity contribution in [3.63, 3.8) is 0 Å². The van der Waals surface area contributed by atoms with Gasteiger partial charge in [-0.05, 0) is 68.2 Å². The summed E-state index contributed by atoms with van der Waals surface area (Å²) in [5, 5.41) is 0. The van der Waals surface area contributed by atoms with E-state index in [9.17, 15) is 4.79 Å². The molecule has 4 aliphatic rings. The molecule has 0 aromatic heterocycles. The van der Waals surface area contributed by atoms with Gasteiger partial charge in [0.05, 0.1) is 0 Å². The van der Waals surface area contributed by atoms with E-state index in [-0.39, 0.29) is 11.3 Å². The molecule has 0 radical (unpaired) electrons. The van der Waals surface area contributed by atoms with E-state index in [1.807, 2.05) is 0 Å². The number of likely N-dealkylation sites (tertiary alicyclic amines) is 1. The predicted molar refractivity (Wildman–Crippen MR) is 99.3 cm³/mol. The number of hydrogen-bond acceptors (Lipinski definition) is 2. The van der Waals surface area contributed by atoms with Gasteiger partial charge in [0.2, 0.25) is 5.91 Å². The average Bonchev–Trinajstić information content (AvgIpc) is 3.26. The van der Waals surface area contributed by atoms with Crippen molar-refractivity contribution in [3.05, 3.63) is 35.4 Å². The third kappa shape index (κ3) is 2.54. The molecule has 2 aliphatic heterocycles. The third-order valence-electron chi connectivity index (χ3n) is 7.81. The number of benzene rings is 1. The number of piperidine rings is 1. The second-order valence-electron chi connectivity index (χ2n) is 9.09.